The molecule has 1 aromatic heterocycles. The van der Waals surface area contributed by atoms with Crippen LogP contribution in [0, 0.1) is 0 Å². The van der Waals surface area contributed by atoms with Crippen LogP contribution < -0.4 is 0 Å². The van der Waals surface area contributed by atoms with E-state index in [1.165, 1.54) is 0 Å². The highest BCUT2D eigenvalue weighted by Crippen LogP contribution is 2.27. The quantitative estimate of drug-likeness (QED) is 0.518. The molecule has 0 saturated heterocycles. The number of benzene rings is 1. The Morgan fingerprint density at radius 3 is 2.55 bits per heavy atom. The van der Waals surface area contributed by atoms with Crippen molar-refractivity contribution < 1.29 is 19.4 Å². The van der Waals surface area contributed by atoms with Crippen molar-refractivity contribution >= 4 is 21.9 Å². The number of imidazole rings is 1. The van der Waals surface area contributed by atoms with Crippen LogP contribution in [0.25, 0.3) is 0 Å². The van der Waals surface area contributed by atoms with Crippen molar-refractivity contribution in [2.24, 2.45) is 0 Å². The number of nitrogens with zero attached hydrogens (tertiary/aromatic N) is 2. The smallest absolute Gasteiger partial charge is 0.357 e. The van der Waals surface area contributed by atoms with E-state index in [0.29, 0.717) is 37.6 Å². The van der Waals surface area contributed by atoms with Gasteiger partial charge >= 0.3 is 5.97 Å². The highest BCUT2D eigenvalue weighted by atomic mass is 79.9. The van der Waals surface area contributed by atoms with E-state index >= 15 is 0 Å². The maximum atomic E-state index is 12.8. The fourth-order valence-electron chi connectivity index (χ4n) is 3.15. The first-order valence-corrected chi connectivity index (χ1v) is 10.9. The Kier molecular flexibility index (Phi) is 8.43. The van der Waals surface area contributed by atoms with Crippen LogP contribution >= 0.6 is 15.9 Å². The first-order valence-electron chi connectivity index (χ1n) is 10.1. The standard InChI is InChI=1S/C22H31BrN2O4/c1-6-9-18-24-20(22(4,5)27)19(21(26)29-8-3)25(18)13-15-10-11-17(23)16(12-15)14-28-7-2/h10-12,27H,6-9,13-14H2,1-5H3. The molecule has 0 aliphatic heterocycles. The van der Waals surface area contributed by atoms with E-state index in [1.807, 2.05) is 23.6 Å². The van der Waals surface area contributed by atoms with Gasteiger partial charge in [-0.1, -0.05) is 35.0 Å². The SMILES string of the molecule is CCCc1nc(C(C)(C)O)c(C(=O)OCC)n1Cc1ccc(Br)c(COCC)c1. The maximum Gasteiger partial charge on any atom is 0.357 e. The minimum Gasteiger partial charge on any atom is -0.461 e. The van der Waals surface area contributed by atoms with E-state index in [0.717, 1.165) is 27.8 Å². The molecule has 2 aromatic rings. The van der Waals surface area contributed by atoms with Gasteiger partial charge in [0.15, 0.2) is 5.69 Å². The lowest BCUT2D eigenvalue weighted by Crippen LogP contribution is -2.23. The average molecular weight is 467 g/mol. The fraction of sp³-hybridized carbons (Fsp3) is 0.545. The summed E-state index contributed by atoms with van der Waals surface area (Å²) in [5.41, 5.74) is 1.48. The predicted octanol–water partition coefficient (Wildman–Crippen LogP) is 4.59. The molecule has 1 aromatic carbocycles. The molecular formula is C22H31BrN2O4. The molecular weight excluding hydrogens is 436 g/mol. The molecule has 2 rings (SSSR count). The zero-order chi connectivity index (χ0) is 21.6. The first-order chi connectivity index (χ1) is 13.7. The van der Waals surface area contributed by atoms with Crippen molar-refractivity contribution in [3.8, 4) is 0 Å². The van der Waals surface area contributed by atoms with Crippen molar-refractivity contribution in [2.75, 3.05) is 13.2 Å². The van der Waals surface area contributed by atoms with Gasteiger partial charge in [0.1, 0.15) is 17.1 Å². The zero-order valence-electron chi connectivity index (χ0n) is 17.9. The third kappa shape index (κ3) is 5.90. The summed E-state index contributed by atoms with van der Waals surface area (Å²) in [6.07, 6.45) is 1.57. The van der Waals surface area contributed by atoms with Crippen molar-refractivity contribution in [3.05, 3.63) is 51.0 Å². The number of carbonyl (C=O) groups is 1. The number of aliphatic hydroxyl groups is 1. The third-order valence-electron chi connectivity index (χ3n) is 4.48. The summed E-state index contributed by atoms with van der Waals surface area (Å²) in [6, 6.07) is 6.06. The van der Waals surface area contributed by atoms with Crippen molar-refractivity contribution in [2.45, 2.75) is 66.2 Å². The molecule has 0 aliphatic carbocycles. The largest absolute Gasteiger partial charge is 0.461 e. The molecule has 0 saturated carbocycles. The highest BCUT2D eigenvalue weighted by molar-refractivity contribution is 9.10. The normalized spacial score (nSPS) is 11.7. The van der Waals surface area contributed by atoms with E-state index < -0.39 is 11.6 Å². The number of aromatic nitrogens is 2. The van der Waals surface area contributed by atoms with Crippen LogP contribution in [0.2, 0.25) is 0 Å². The number of hydrogen-bond donors (Lipinski definition) is 1. The molecule has 0 bridgehead atoms. The lowest BCUT2D eigenvalue weighted by Gasteiger charge is -2.18. The molecule has 0 atom stereocenters. The van der Waals surface area contributed by atoms with E-state index in [-0.39, 0.29) is 6.61 Å². The molecule has 6 nitrogen and oxygen atoms in total. The van der Waals surface area contributed by atoms with Gasteiger partial charge in [-0.15, -0.1) is 0 Å². The molecule has 7 heteroatoms. The Balaban J connectivity index is 2.55. The van der Waals surface area contributed by atoms with Crippen molar-refractivity contribution in [3.63, 3.8) is 0 Å². The van der Waals surface area contributed by atoms with Gasteiger partial charge in [0.2, 0.25) is 0 Å². The molecule has 29 heavy (non-hydrogen) atoms. The number of hydrogen-bond acceptors (Lipinski definition) is 5. The summed E-state index contributed by atoms with van der Waals surface area (Å²) < 4.78 is 13.7. The number of esters is 1. The summed E-state index contributed by atoms with van der Waals surface area (Å²) in [5.74, 6) is 0.299. The van der Waals surface area contributed by atoms with Gasteiger partial charge in [-0.3, -0.25) is 0 Å². The summed E-state index contributed by atoms with van der Waals surface area (Å²) >= 11 is 3.57. The molecule has 0 spiro atoms. The summed E-state index contributed by atoms with van der Waals surface area (Å²) in [7, 11) is 0. The van der Waals surface area contributed by atoms with Crippen LogP contribution in [0.15, 0.2) is 22.7 Å². The van der Waals surface area contributed by atoms with Gasteiger partial charge in [-0.25, -0.2) is 9.78 Å². The van der Waals surface area contributed by atoms with Gasteiger partial charge in [0, 0.05) is 24.0 Å². The molecule has 1 heterocycles. The average Bonchev–Trinajstić information content (AvgIpc) is 3.01. The zero-order valence-corrected chi connectivity index (χ0v) is 19.5. The molecule has 1 N–H and O–H groups in total. The number of rotatable bonds is 10. The Bertz CT molecular complexity index is 840. The van der Waals surface area contributed by atoms with Gasteiger partial charge in [-0.2, -0.15) is 0 Å². The maximum absolute atomic E-state index is 12.8. The van der Waals surface area contributed by atoms with Crippen LogP contribution in [0.1, 0.15) is 74.2 Å². The monoisotopic (exact) mass is 466 g/mol. The van der Waals surface area contributed by atoms with Gasteiger partial charge in [0.05, 0.1) is 13.2 Å². The number of ether oxygens (including phenoxy) is 2. The second-order valence-electron chi connectivity index (χ2n) is 7.40. The molecule has 0 fully saturated rings. The van der Waals surface area contributed by atoms with Crippen LogP contribution in [0.5, 0.6) is 0 Å². The first kappa shape index (κ1) is 23.6. The molecule has 0 amide bonds. The lowest BCUT2D eigenvalue weighted by molar-refractivity contribution is 0.0469. The number of aryl methyl sites for hydroxylation is 1. The fourth-order valence-corrected chi connectivity index (χ4v) is 3.51. The van der Waals surface area contributed by atoms with Gasteiger partial charge < -0.3 is 19.1 Å². The summed E-state index contributed by atoms with van der Waals surface area (Å²) in [4.78, 5) is 17.4. The van der Waals surface area contributed by atoms with Crippen LogP contribution in [-0.2, 0) is 34.6 Å². The van der Waals surface area contributed by atoms with Gasteiger partial charge in [0.25, 0.3) is 0 Å². The molecule has 0 radical (unpaired) electrons. The van der Waals surface area contributed by atoms with E-state index in [2.05, 4.69) is 33.9 Å². The molecule has 0 aliphatic rings. The second kappa shape index (κ2) is 10.4. The van der Waals surface area contributed by atoms with E-state index in [4.69, 9.17) is 9.47 Å². The van der Waals surface area contributed by atoms with Crippen LogP contribution in [0.3, 0.4) is 0 Å². The Morgan fingerprint density at radius 1 is 1.24 bits per heavy atom. The van der Waals surface area contributed by atoms with Crippen LogP contribution in [-0.4, -0.2) is 33.8 Å². The number of halogens is 1. The Hall–Kier alpha value is -1.70. The molecule has 0 unspecified atom stereocenters. The van der Waals surface area contributed by atoms with Crippen LogP contribution in [0.4, 0.5) is 0 Å². The van der Waals surface area contributed by atoms with Gasteiger partial charge in [-0.05, 0) is 51.3 Å². The molecule has 160 valence electrons. The summed E-state index contributed by atoms with van der Waals surface area (Å²) in [5, 5.41) is 10.6. The predicted molar refractivity (Wildman–Crippen MR) is 116 cm³/mol. The summed E-state index contributed by atoms with van der Waals surface area (Å²) in [6.45, 7) is 10.9. The second-order valence-corrected chi connectivity index (χ2v) is 8.26. The van der Waals surface area contributed by atoms with E-state index in [9.17, 15) is 9.90 Å². The third-order valence-corrected chi connectivity index (χ3v) is 5.25. The minimum absolute atomic E-state index is 0.259. The Labute approximate surface area is 181 Å². The van der Waals surface area contributed by atoms with Crippen molar-refractivity contribution in [1.29, 1.82) is 0 Å². The highest BCUT2D eigenvalue weighted by Gasteiger charge is 2.32. The lowest BCUT2D eigenvalue weighted by atomic mass is 10.0. The minimum atomic E-state index is -1.25. The van der Waals surface area contributed by atoms with E-state index in [1.54, 1.807) is 20.8 Å². The van der Waals surface area contributed by atoms with Crippen molar-refractivity contribution in [1.82, 2.24) is 9.55 Å². The Morgan fingerprint density at radius 2 is 1.97 bits per heavy atom. The number of carbonyl (C=O) groups excluding carboxylic acids is 1. The topological polar surface area (TPSA) is 73.6 Å².